The molecule has 4 rings (SSSR count). The number of aliphatic hydroxyl groups is 1. The van der Waals surface area contributed by atoms with Gasteiger partial charge in [0.15, 0.2) is 5.13 Å². The molecule has 1 saturated heterocycles. The molecule has 1 fully saturated rings. The number of aryl methyl sites for hydroxylation is 1. The van der Waals surface area contributed by atoms with E-state index < -0.39 is 23.7 Å². The molecule has 1 aliphatic rings. The minimum Gasteiger partial charge on any atom is -0.507 e. The van der Waals surface area contributed by atoms with Crippen LogP contribution in [0.15, 0.2) is 53.4 Å². The number of amides is 1. The van der Waals surface area contributed by atoms with Crippen molar-refractivity contribution in [3.8, 4) is 0 Å². The molecule has 3 heterocycles. The van der Waals surface area contributed by atoms with Crippen LogP contribution in [0, 0.1) is 6.92 Å². The zero-order valence-electron chi connectivity index (χ0n) is 16.0. The smallest absolute Gasteiger partial charge is 0.350 e. The van der Waals surface area contributed by atoms with Crippen molar-refractivity contribution in [3.63, 3.8) is 0 Å². The van der Waals surface area contributed by atoms with Gasteiger partial charge in [-0.1, -0.05) is 47.7 Å². The normalized spacial score (nSPS) is 18.1. The van der Waals surface area contributed by atoms with Crippen molar-refractivity contribution in [2.45, 2.75) is 13.0 Å². The number of methoxy groups -OCH3 is 1. The van der Waals surface area contributed by atoms with Crippen LogP contribution in [0.25, 0.3) is 5.76 Å². The molecule has 0 bridgehead atoms. The topological polar surface area (TPSA) is 96.8 Å². The third-order valence-corrected chi connectivity index (χ3v) is 6.73. The monoisotopic (exact) mass is 440 g/mol. The molecule has 1 aromatic carbocycles. The summed E-state index contributed by atoms with van der Waals surface area (Å²) < 4.78 is 4.77. The summed E-state index contributed by atoms with van der Waals surface area (Å²) in [5.74, 6) is -2.43. The van der Waals surface area contributed by atoms with E-state index in [0.29, 0.717) is 16.1 Å². The highest BCUT2D eigenvalue weighted by Crippen LogP contribution is 2.45. The molecule has 1 unspecified atom stereocenters. The van der Waals surface area contributed by atoms with Gasteiger partial charge >= 0.3 is 11.9 Å². The fraction of sp³-hybridized carbons (Fsp3) is 0.143. The number of Topliss-reactive ketones (excluding diaryl/α,β-unsaturated/α-hetero) is 1. The lowest BCUT2D eigenvalue weighted by Crippen LogP contribution is -2.29. The second-order valence-corrected chi connectivity index (χ2v) is 8.41. The number of aliphatic hydroxyl groups excluding tert-OH is 1. The Kier molecular flexibility index (Phi) is 5.23. The van der Waals surface area contributed by atoms with Gasteiger partial charge in [-0.05, 0) is 18.4 Å². The Morgan fingerprint density at radius 1 is 1.17 bits per heavy atom. The first-order valence-electron chi connectivity index (χ1n) is 8.89. The lowest BCUT2D eigenvalue weighted by atomic mass is 10.00. The molecule has 1 aliphatic heterocycles. The third kappa shape index (κ3) is 3.21. The molecule has 2 aromatic heterocycles. The number of carbonyl (C=O) groups excluding carboxylic acids is 3. The summed E-state index contributed by atoms with van der Waals surface area (Å²) >= 11 is 2.33. The Hall–Kier alpha value is -3.30. The van der Waals surface area contributed by atoms with E-state index in [9.17, 15) is 19.5 Å². The van der Waals surface area contributed by atoms with Crippen LogP contribution in [-0.4, -0.2) is 34.9 Å². The Labute approximate surface area is 179 Å². The number of carbonyl (C=O) groups is 3. The zero-order chi connectivity index (χ0) is 21.4. The predicted octanol–water partition coefficient (Wildman–Crippen LogP) is 3.93. The van der Waals surface area contributed by atoms with E-state index in [-0.39, 0.29) is 21.3 Å². The van der Waals surface area contributed by atoms with Crippen LogP contribution in [0.5, 0.6) is 0 Å². The molecule has 0 saturated carbocycles. The number of hydrogen-bond acceptors (Lipinski definition) is 8. The lowest BCUT2D eigenvalue weighted by molar-refractivity contribution is -0.132. The molecule has 152 valence electrons. The second kappa shape index (κ2) is 7.85. The molecule has 1 amide bonds. The van der Waals surface area contributed by atoms with E-state index in [4.69, 9.17) is 4.74 Å². The number of aromatic nitrogens is 1. The summed E-state index contributed by atoms with van der Waals surface area (Å²) in [7, 11) is 1.26. The number of esters is 1. The van der Waals surface area contributed by atoms with Gasteiger partial charge in [-0.2, -0.15) is 0 Å². The van der Waals surface area contributed by atoms with Gasteiger partial charge in [0.2, 0.25) is 0 Å². The largest absolute Gasteiger partial charge is 0.507 e. The highest BCUT2D eigenvalue weighted by Gasteiger charge is 2.48. The molecule has 0 radical (unpaired) electrons. The Balaban J connectivity index is 1.90. The van der Waals surface area contributed by atoms with Gasteiger partial charge < -0.3 is 9.84 Å². The first-order chi connectivity index (χ1) is 14.4. The van der Waals surface area contributed by atoms with Crippen LogP contribution in [-0.2, 0) is 14.3 Å². The number of thiophene rings is 1. The number of ketones is 1. The lowest BCUT2D eigenvalue weighted by Gasteiger charge is -2.21. The molecule has 9 heteroatoms. The zero-order valence-corrected chi connectivity index (χ0v) is 17.6. The highest BCUT2D eigenvalue weighted by atomic mass is 32.1. The summed E-state index contributed by atoms with van der Waals surface area (Å²) in [5.41, 5.74) is 0.820. The van der Waals surface area contributed by atoms with Gasteiger partial charge in [-0.25, -0.2) is 9.78 Å². The molecule has 0 aliphatic carbocycles. The van der Waals surface area contributed by atoms with Gasteiger partial charge in [-0.15, -0.1) is 11.3 Å². The number of thiazole rings is 1. The molecule has 1 atom stereocenters. The van der Waals surface area contributed by atoms with Crippen molar-refractivity contribution in [1.29, 1.82) is 0 Å². The summed E-state index contributed by atoms with van der Waals surface area (Å²) in [6, 6.07) is 11.3. The summed E-state index contributed by atoms with van der Waals surface area (Å²) in [6.45, 7) is 1.63. The van der Waals surface area contributed by atoms with Crippen molar-refractivity contribution in [2.24, 2.45) is 0 Å². The van der Waals surface area contributed by atoms with Crippen LogP contribution in [0.2, 0.25) is 0 Å². The molecular formula is C21H16N2O5S2. The van der Waals surface area contributed by atoms with Gasteiger partial charge in [0, 0.05) is 10.4 Å². The average Bonchev–Trinajstić information content (AvgIpc) is 3.47. The standard InChI is InChI=1S/C21H16N2O5S2/c1-11-18(20(27)28-2)30-21(22-11)23-15(13-9-6-10-29-13)14(17(25)19(23)26)16(24)12-7-4-3-5-8-12/h3-10,15,24H,1-2H3. The number of ether oxygens (including phenoxy) is 1. The van der Waals surface area contributed by atoms with Crippen molar-refractivity contribution in [3.05, 3.63) is 74.4 Å². The first kappa shape index (κ1) is 20.0. The molecule has 1 N–H and O–H groups in total. The maximum atomic E-state index is 13.0. The molecule has 7 nitrogen and oxygen atoms in total. The number of anilines is 1. The predicted molar refractivity (Wildman–Crippen MR) is 114 cm³/mol. The Bertz CT molecular complexity index is 1170. The minimum atomic E-state index is -0.846. The van der Waals surface area contributed by atoms with Crippen LogP contribution < -0.4 is 4.90 Å². The van der Waals surface area contributed by atoms with Crippen molar-refractivity contribution >= 4 is 51.2 Å². The Morgan fingerprint density at radius 2 is 1.90 bits per heavy atom. The van der Waals surface area contributed by atoms with Crippen LogP contribution in [0.4, 0.5) is 5.13 Å². The van der Waals surface area contributed by atoms with E-state index >= 15 is 0 Å². The fourth-order valence-electron chi connectivity index (χ4n) is 3.26. The maximum absolute atomic E-state index is 13.0. The molecule has 30 heavy (non-hydrogen) atoms. The summed E-state index contributed by atoms with van der Waals surface area (Å²) in [4.78, 5) is 44.5. The summed E-state index contributed by atoms with van der Waals surface area (Å²) in [5, 5.41) is 12.9. The Morgan fingerprint density at radius 3 is 2.53 bits per heavy atom. The number of benzene rings is 1. The van der Waals surface area contributed by atoms with Crippen molar-refractivity contribution in [2.75, 3.05) is 12.0 Å². The van der Waals surface area contributed by atoms with E-state index in [2.05, 4.69) is 4.98 Å². The second-order valence-electron chi connectivity index (χ2n) is 6.45. The summed E-state index contributed by atoms with van der Waals surface area (Å²) in [6.07, 6.45) is 0. The van der Waals surface area contributed by atoms with Gasteiger partial charge in [0.05, 0.1) is 18.4 Å². The van der Waals surface area contributed by atoms with Crippen molar-refractivity contribution in [1.82, 2.24) is 4.98 Å². The minimum absolute atomic E-state index is 0.0129. The molecule has 3 aromatic rings. The average molecular weight is 441 g/mol. The van der Waals surface area contributed by atoms with E-state index in [0.717, 1.165) is 11.3 Å². The first-order valence-corrected chi connectivity index (χ1v) is 10.6. The van der Waals surface area contributed by atoms with E-state index in [1.165, 1.54) is 23.3 Å². The number of rotatable bonds is 4. The maximum Gasteiger partial charge on any atom is 0.350 e. The number of nitrogens with zero attached hydrogens (tertiary/aromatic N) is 2. The SMILES string of the molecule is COC(=O)c1sc(N2C(=O)C(=O)C(=C(O)c3ccccc3)C2c2cccs2)nc1C. The fourth-order valence-corrected chi connectivity index (χ4v) is 5.10. The van der Waals surface area contributed by atoms with Crippen LogP contribution >= 0.6 is 22.7 Å². The van der Waals surface area contributed by atoms with Crippen LogP contribution in [0.1, 0.15) is 31.8 Å². The highest BCUT2D eigenvalue weighted by molar-refractivity contribution is 7.18. The number of hydrogen-bond donors (Lipinski definition) is 1. The molecule has 0 spiro atoms. The van der Waals surface area contributed by atoms with Gasteiger partial charge in [-0.3, -0.25) is 14.5 Å². The van der Waals surface area contributed by atoms with E-state index in [1.807, 2.05) is 5.38 Å². The van der Waals surface area contributed by atoms with Crippen LogP contribution in [0.3, 0.4) is 0 Å². The van der Waals surface area contributed by atoms with E-state index in [1.54, 1.807) is 49.4 Å². The van der Waals surface area contributed by atoms with Gasteiger partial charge in [0.1, 0.15) is 16.7 Å². The quantitative estimate of drug-likeness (QED) is 0.286. The van der Waals surface area contributed by atoms with Crippen molar-refractivity contribution < 1.29 is 24.2 Å². The third-order valence-electron chi connectivity index (χ3n) is 4.67. The molecular weight excluding hydrogens is 424 g/mol. The van der Waals surface area contributed by atoms with Gasteiger partial charge in [0.25, 0.3) is 5.78 Å².